The van der Waals surface area contributed by atoms with Crippen molar-refractivity contribution < 1.29 is 9.53 Å². The van der Waals surface area contributed by atoms with E-state index in [0.29, 0.717) is 5.75 Å². The topological polar surface area (TPSA) is 76.1 Å². The summed E-state index contributed by atoms with van der Waals surface area (Å²) < 4.78 is 5.89. The van der Waals surface area contributed by atoms with Gasteiger partial charge in [-0.15, -0.1) is 0 Å². The Balaban J connectivity index is 1.96. The molecule has 6 nitrogen and oxygen atoms in total. The quantitative estimate of drug-likeness (QED) is 0.887. The van der Waals surface area contributed by atoms with Crippen molar-refractivity contribution in [3.05, 3.63) is 46.7 Å². The van der Waals surface area contributed by atoms with Crippen molar-refractivity contribution in [1.29, 1.82) is 0 Å². The van der Waals surface area contributed by atoms with Crippen LogP contribution in [0.4, 0.5) is 10.7 Å². The maximum atomic E-state index is 11.9. The molecule has 1 aromatic heterocycles. The number of halogens is 1. The normalized spacial score (nSPS) is 11.6. The number of carbonyl (C=O) groups excluding carboxylic acids is 1. The fourth-order valence-electron chi connectivity index (χ4n) is 1.72. The molecule has 0 aliphatic heterocycles. The number of aromatic nitrogens is 2. The summed E-state index contributed by atoms with van der Waals surface area (Å²) in [5, 5.41) is 5.39. The van der Waals surface area contributed by atoms with Crippen molar-refractivity contribution in [2.24, 2.45) is 0 Å². The van der Waals surface area contributed by atoms with Crippen LogP contribution in [-0.4, -0.2) is 23.1 Å². The Labute approximate surface area is 131 Å². The van der Waals surface area contributed by atoms with Gasteiger partial charge in [0.25, 0.3) is 0 Å². The van der Waals surface area contributed by atoms with Crippen LogP contribution in [0.5, 0.6) is 5.75 Å². The third kappa shape index (κ3) is 4.16. The highest BCUT2D eigenvalue weighted by molar-refractivity contribution is 9.10. The molecular weight excluding hydrogens is 336 g/mol. The van der Waals surface area contributed by atoms with E-state index >= 15 is 0 Å². The molecule has 21 heavy (non-hydrogen) atoms. The largest absolute Gasteiger partial charge is 0.494 e. The number of hydrogen-bond donors (Lipinski definition) is 2. The van der Waals surface area contributed by atoms with Crippen LogP contribution < -0.4 is 15.4 Å². The zero-order valence-corrected chi connectivity index (χ0v) is 13.2. The molecule has 1 unspecified atom stereocenters. The van der Waals surface area contributed by atoms with Gasteiger partial charge in [-0.2, -0.15) is 0 Å². The molecule has 0 radical (unpaired) electrons. The van der Waals surface area contributed by atoms with Gasteiger partial charge in [0.1, 0.15) is 0 Å². The van der Waals surface area contributed by atoms with Gasteiger partial charge in [0.2, 0.25) is 5.95 Å². The Morgan fingerprint density at radius 3 is 2.57 bits per heavy atom. The van der Waals surface area contributed by atoms with Gasteiger partial charge in [-0.05, 0) is 18.6 Å². The number of nitrogens with one attached hydrogen (secondary N) is 2. The molecule has 1 atom stereocenters. The van der Waals surface area contributed by atoms with Crippen LogP contribution in [0, 0.1) is 0 Å². The number of ether oxygens (including phenoxy) is 1. The number of amides is 2. The van der Waals surface area contributed by atoms with Crippen molar-refractivity contribution in [3.63, 3.8) is 0 Å². The Hall–Kier alpha value is -2.15. The highest BCUT2D eigenvalue weighted by Crippen LogP contribution is 2.22. The molecule has 0 saturated heterocycles. The third-order valence-electron chi connectivity index (χ3n) is 2.81. The van der Waals surface area contributed by atoms with Gasteiger partial charge in [-0.1, -0.05) is 34.1 Å². The number of methoxy groups -OCH3 is 1. The maximum Gasteiger partial charge on any atom is 0.322 e. The number of anilines is 1. The average molecular weight is 351 g/mol. The molecule has 0 spiro atoms. The van der Waals surface area contributed by atoms with Gasteiger partial charge in [0.15, 0.2) is 5.75 Å². The van der Waals surface area contributed by atoms with Gasteiger partial charge < -0.3 is 10.1 Å². The lowest BCUT2D eigenvalue weighted by molar-refractivity contribution is 0.249. The first kappa shape index (κ1) is 15.2. The van der Waals surface area contributed by atoms with Crippen molar-refractivity contribution in [2.45, 2.75) is 13.0 Å². The van der Waals surface area contributed by atoms with E-state index in [-0.39, 0.29) is 18.0 Å². The van der Waals surface area contributed by atoms with Gasteiger partial charge in [0.05, 0.1) is 25.5 Å². The first-order chi connectivity index (χ1) is 10.1. The Kier molecular flexibility index (Phi) is 5.10. The second kappa shape index (κ2) is 7.03. The predicted octanol–water partition coefficient (Wildman–Crippen LogP) is 3.13. The Bertz CT molecular complexity index is 619. The summed E-state index contributed by atoms with van der Waals surface area (Å²) in [5.74, 6) is 0.746. The number of rotatable bonds is 4. The van der Waals surface area contributed by atoms with Crippen LogP contribution in [0.25, 0.3) is 0 Å². The average Bonchev–Trinajstić information content (AvgIpc) is 2.48. The van der Waals surface area contributed by atoms with Crippen molar-refractivity contribution >= 4 is 27.9 Å². The lowest BCUT2D eigenvalue weighted by atomic mass is 10.1. The first-order valence-electron chi connectivity index (χ1n) is 6.28. The molecular formula is C14H15BrN4O2. The fraction of sp³-hybridized carbons (Fsp3) is 0.214. The van der Waals surface area contributed by atoms with Crippen molar-refractivity contribution in [3.8, 4) is 5.75 Å². The van der Waals surface area contributed by atoms with E-state index in [1.807, 2.05) is 31.2 Å². The highest BCUT2D eigenvalue weighted by atomic mass is 79.9. The van der Waals surface area contributed by atoms with E-state index in [9.17, 15) is 4.79 Å². The lowest BCUT2D eigenvalue weighted by Gasteiger charge is -2.15. The van der Waals surface area contributed by atoms with E-state index in [1.54, 1.807) is 0 Å². The number of hydrogen-bond acceptors (Lipinski definition) is 4. The van der Waals surface area contributed by atoms with E-state index in [1.165, 1.54) is 19.5 Å². The molecule has 0 aliphatic carbocycles. The zero-order valence-electron chi connectivity index (χ0n) is 11.6. The molecule has 2 rings (SSSR count). The molecule has 1 aromatic carbocycles. The van der Waals surface area contributed by atoms with Gasteiger partial charge in [-0.3, -0.25) is 5.32 Å². The van der Waals surface area contributed by atoms with E-state index in [0.717, 1.165) is 10.0 Å². The summed E-state index contributed by atoms with van der Waals surface area (Å²) in [7, 11) is 1.53. The monoisotopic (exact) mass is 350 g/mol. The van der Waals surface area contributed by atoms with E-state index < -0.39 is 0 Å². The van der Waals surface area contributed by atoms with Gasteiger partial charge >= 0.3 is 6.03 Å². The van der Waals surface area contributed by atoms with Crippen LogP contribution >= 0.6 is 15.9 Å². The summed E-state index contributed by atoms with van der Waals surface area (Å²) in [6.45, 7) is 1.90. The van der Waals surface area contributed by atoms with E-state index in [4.69, 9.17) is 4.74 Å². The van der Waals surface area contributed by atoms with Crippen LogP contribution in [0.3, 0.4) is 0 Å². The second-order valence-corrected chi connectivity index (χ2v) is 5.14. The van der Waals surface area contributed by atoms with Crippen LogP contribution in [0.1, 0.15) is 18.5 Å². The fourth-order valence-corrected chi connectivity index (χ4v) is 2.35. The van der Waals surface area contributed by atoms with Crippen molar-refractivity contribution in [1.82, 2.24) is 15.3 Å². The molecule has 110 valence electrons. The lowest BCUT2D eigenvalue weighted by Crippen LogP contribution is -2.31. The number of carbonyl (C=O) groups is 1. The number of nitrogens with zero attached hydrogens (tertiary/aromatic N) is 2. The van der Waals surface area contributed by atoms with Crippen molar-refractivity contribution in [2.75, 3.05) is 12.4 Å². The number of urea groups is 1. The highest BCUT2D eigenvalue weighted by Gasteiger charge is 2.12. The summed E-state index contributed by atoms with van der Waals surface area (Å²) in [5.41, 5.74) is 0.989. The van der Waals surface area contributed by atoms with Crippen LogP contribution in [-0.2, 0) is 0 Å². The van der Waals surface area contributed by atoms with Crippen LogP contribution in [0.2, 0.25) is 0 Å². The molecule has 7 heteroatoms. The molecule has 2 N–H and O–H groups in total. The molecule has 1 heterocycles. The zero-order chi connectivity index (χ0) is 15.2. The standard InChI is InChI=1S/C14H15BrN4O2/c1-9(11-5-3-4-6-12(11)15)18-14(20)19-13-16-7-10(21-2)8-17-13/h3-9H,1-2H3,(H2,16,17,18,19,20). The van der Waals surface area contributed by atoms with E-state index in [2.05, 4.69) is 36.5 Å². The number of benzene rings is 1. The van der Waals surface area contributed by atoms with Gasteiger partial charge in [0, 0.05) is 4.47 Å². The first-order valence-corrected chi connectivity index (χ1v) is 7.07. The minimum atomic E-state index is -0.372. The predicted molar refractivity (Wildman–Crippen MR) is 83.3 cm³/mol. The minimum absolute atomic E-state index is 0.154. The van der Waals surface area contributed by atoms with Gasteiger partial charge in [-0.25, -0.2) is 14.8 Å². The summed E-state index contributed by atoms with van der Waals surface area (Å²) in [4.78, 5) is 19.9. The summed E-state index contributed by atoms with van der Waals surface area (Å²) in [6, 6.07) is 7.19. The molecule has 2 amide bonds. The minimum Gasteiger partial charge on any atom is -0.494 e. The second-order valence-electron chi connectivity index (χ2n) is 4.29. The molecule has 0 aliphatic rings. The molecule has 2 aromatic rings. The molecule has 0 saturated carbocycles. The summed E-state index contributed by atoms with van der Waals surface area (Å²) >= 11 is 3.46. The molecule has 0 bridgehead atoms. The Morgan fingerprint density at radius 2 is 1.95 bits per heavy atom. The summed E-state index contributed by atoms with van der Waals surface area (Å²) in [6.07, 6.45) is 2.97. The maximum absolute atomic E-state index is 11.9. The van der Waals surface area contributed by atoms with Crippen LogP contribution in [0.15, 0.2) is 41.1 Å². The SMILES string of the molecule is COc1cnc(NC(=O)NC(C)c2ccccc2Br)nc1. The third-order valence-corrected chi connectivity index (χ3v) is 3.53. The Morgan fingerprint density at radius 1 is 1.29 bits per heavy atom. The molecule has 0 fully saturated rings. The smallest absolute Gasteiger partial charge is 0.322 e.